The van der Waals surface area contributed by atoms with Crippen LogP contribution in [0.15, 0.2) is 48.5 Å². The van der Waals surface area contributed by atoms with Crippen molar-refractivity contribution in [2.24, 2.45) is 0 Å². The first-order chi connectivity index (χ1) is 12.6. The van der Waals surface area contributed by atoms with Gasteiger partial charge in [-0.1, -0.05) is 42.5 Å². The fraction of sp³-hybridized carbons (Fsp3) is 0.300. The van der Waals surface area contributed by atoms with Gasteiger partial charge in [0.25, 0.3) is 5.91 Å². The molecule has 0 aliphatic heterocycles. The second-order valence-electron chi connectivity index (χ2n) is 5.50. The Morgan fingerprint density at radius 1 is 1.04 bits per heavy atom. The van der Waals surface area contributed by atoms with Crippen molar-refractivity contribution < 1.29 is 24.2 Å². The zero-order chi connectivity index (χ0) is 18.9. The molecule has 2 rings (SSSR count). The van der Waals surface area contributed by atoms with Gasteiger partial charge in [-0.3, -0.25) is 4.79 Å². The molecule has 0 spiro atoms. The lowest BCUT2D eigenvalue weighted by molar-refractivity contribution is -0.140. The second kappa shape index (κ2) is 9.58. The topological polar surface area (TPSA) is 84.9 Å². The summed E-state index contributed by atoms with van der Waals surface area (Å²) in [6.45, 7) is 4.24. The normalized spacial score (nSPS) is 11.6. The van der Waals surface area contributed by atoms with Gasteiger partial charge >= 0.3 is 5.97 Å². The highest BCUT2D eigenvalue weighted by Gasteiger charge is 2.25. The molecule has 0 saturated carbocycles. The highest BCUT2D eigenvalue weighted by atomic mass is 16.5. The maximum Gasteiger partial charge on any atom is 0.328 e. The van der Waals surface area contributed by atoms with Gasteiger partial charge < -0.3 is 19.9 Å². The third-order valence-corrected chi connectivity index (χ3v) is 3.73. The Labute approximate surface area is 152 Å². The predicted molar refractivity (Wildman–Crippen MR) is 98.4 cm³/mol. The average molecular weight is 357 g/mol. The molecule has 0 unspecified atom stereocenters. The maximum atomic E-state index is 12.9. The van der Waals surface area contributed by atoms with Crippen molar-refractivity contribution in [1.82, 2.24) is 5.32 Å². The van der Waals surface area contributed by atoms with Crippen molar-refractivity contribution in [2.45, 2.75) is 19.9 Å². The van der Waals surface area contributed by atoms with Gasteiger partial charge in [0.2, 0.25) is 0 Å². The Morgan fingerprint density at radius 2 is 1.77 bits per heavy atom. The van der Waals surface area contributed by atoms with Crippen LogP contribution in [0.4, 0.5) is 0 Å². The summed E-state index contributed by atoms with van der Waals surface area (Å²) in [5.41, 5.74) is 1.83. The summed E-state index contributed by atoms with van der Waals surface area (Å²) in [6.07, 6.45) is 0. The fourth-order valence-electron chi connectivity index (χ4n) is 2.54. The van der Waals surface area contributed by atoms with Crippen LogP contribution in [0.5, 0.6) is 5.75 Å². The smallest absolute Gasteiger partial charge is 0.328 e. The summed E-state index contributed by atoms with van der Waals surface area (Å²) >= 11 is 0. The molecule has 2 aromatic carbocycles. The number of rotatable bonds is 9. The monoisotopic (exact) mass is 357 g/mol. The summed E-state index contributed by atoms with van der Waals surface area (Å²) in [4.78, 5) is 24.3. The summed E-state index contributed by atoms with van der Waals surface area (Å²) < 4.78 is 10.8. The lowest BCUT2D eigenvalue weighted by Gasteiger charge is -2.18. The Balaban J connectivity index is 2.41. The molecule has 0 aliphatic carbocycles. The van der Waals surface area contributed by atoms with Gasteiger partial charge in [0.1, 0.15) is 5.75 Å². The van der Waals surface area contributed by atoms with E-state index in [0.717, 1.165) is 5.56 Å². The zero-order valence-electron chi connectivity index (χ0n) is 14.9. The standard InChI is InChI=1S/C20H23NO5/c1-3-25-13-16(20(23)24)21-19(22)18-15(14-9-6-5-7-10-14)11-8-12-17(18)26-4-2/h5-12,16H,3-4,13H2,1-2H3,(H,21,22)(H,23,24)/t16-/m0/s1. The molecule has 0 saturated heterocycles. The molecule has 138 valence electrons. The minimum absolute atomic E-state index is 0.102. The molecule has 0 radical (unpaired) electrons. The van der Waals surface area contributed by atoms with Gasteiger partial charge in [-0.15, -0.1) is 0 Å². The average Bonchev–Trinajstić information content (AvgIpc) is 2.65. The Bertz CT molecular complexity index is 745. The van der Waals surface area contributed by atoms with Gasteiger partial charge in [-0.25, -0.2) is 4.79 Å². The highest BCUT2D eigenvalue weighted by molar-refractivity contribution is 6.04. The third-order valence-electron chi connectivity index (χ3n) is 3.73. The molecular formula is C20H23NO5. The number of carbonyl (C=O) groups excluding carboxylic acids is 1. The van der Waals surface area contributed by atoms with Crippen molar-refractivity contribution in [3.63, 3.8) is 0 Å². The van der Waals surface area contributed by atoms with E-state index in [-0.39, 0.29) is 6.61 Å². The summed E-state index contributed by atoms with van der Waals surface area (Å²) in [5, 5.41) is 11.9. The second-order valence-corrected chi connectivity index (χ2v) is 5.50. The minimum atomic E-state index is -1.15. The molecule has 6 heteroatoms. The van der Waals surface area contributed by atoms with Gasteiger partial charge in [-0.2, -0.15) is 0 Å². The summed E-state index contributed by atoms with van der Waals surface area (Å²) in [6, 6.07) is 13.6. The van der Waals surface area contributed by atoms with Crippen LogP contribution in [0.3, 0.4) is 0 Å². The van der Waals surface area contributed by atoms with Crippen LogP contribution < -0.4 is 10.1 Å². The quantitative estimate of drug-likeness (QED) is 0.721. The van der Waals surface area contributed by atoms with Gasteiger partial charge in [0, 0.05) is 6.61 Å². The lowest BCUT2D eigenvalue weighted by atomic mass is 9.98. The number of carbonyl (C=O) groups is 2. The zero-order valence-corrected chi connectivity index (χ0v) is 14.9. The SMILES string of the molecule is CCOC[C@H](NC(=O)c1c(OCC)cccc1-c1ccccc1)C(=O)O. The van der Waals surface area contributed by atoms with Crippen molar-refractivity contribution in [1.29, 1.82) is 0 Å². The number of carboxylic acids is 1. The van der Waals surface area contributed by atoms with E-state index in [1.807, 2.05) is 43.3 Å². The molecule has 2 aromatic rings. The first kappa shape index (κ1) is 19.5. The summed E-state index contributed by atoms with van der Waals surface area (Å²) in [5.74, 6) is -1.26. The number of hydrogen-bond acceptors (Lipinski definition) is 4. The molecule has 0 bridgehead atoms. The van der Waals surface area contributed by atoms with Crippen LogP contribution in [-0.2, 0) is 9.53 Å². The van der Waals surface area contributed by atoms with Crippen LogP contribution in [0.1, 0.15) is 24.2 Å². The summed E-state index contributed by atoms with van der Waals surface area (Å²) in [7, 11) is 0. The molecular weight excluding hydrogens is 334 g/mol. The molecule has 0 aliphatic rings. The van der Waals surface area contributed by atoms with Crippen LogP contribution in [0.2, 0.25) is 0 Å². The van der Waals surface area contributed by atoms with E-state index in [1.54, 1.807) is 19.1 Å². The van der Waals surface area contributed by atoms with Crippen molar-refractivity contribution in [3.8, 4) is 16.9 Å². The number of hydrogen-bond donors (Lipinski definition) is 2. The van der Waals surface area contributed by atoms with E-state index in [4.69, 9.17) is 9.47 Å². The first-order valence-corrected chi connectivity index (χ1v) is 8.51. The van der Waals surface area contributed by atoms with E-state index in [0.29, 0.717) is 30.1 Å². The van der Waals surface area contributed by atoms with Crippen LogP contribution in [-0.4, -0.2) is 42.8 Å². The molecule has 1 amide bonds. The van der Waals surface area contributed by atoms with E-state index >= 15 is 0 Å². The molecule has 6 nitrogen and oxygen atoms in total. The Hall–Kier alpha value is -2.86. The lowest BCUT2D eigenvalue weighted by Crippen LogP contribution is -2.44. The molecule has 2 N–H and O–H groups in total. The van der Waals surface area contributed by atoms with Gasteiger partial charge in [-0.05, 0) is 31.0 Å². The molecule has 0 heterocycles. The molecule has 0 aromatic heterocycles. The Kier molecular flexibility index (Phi) is 7.17. The molecule has 0 fully saturated rings. The molecule has 1 atom stereocenters. The van der Waals surface area contributed by atoms with Crippen LogP contribution in [0, 0.1) is 0 Å². The van der Waals surface area contributed by atoms with Crippen molar-refractivity contribution in [3.05, 3.63) is 54.1 Å². The predicted octanol–water partition coefficient (Wildman–Crippen LogP) is 2.97. The van der Waals surface area contributed by atoms with E-state index < -0.39 is 17.9 Å². The van der Waals surface area contributed by atoms with E-state index in [1.165, 1.54) is 0 Å². The van der Waals surface area contributed by atoms with Crippen LogP contribution >= 0.6 is 0 Å². The number of carboxylic acid groups (broad SMARTS) is 1. The number of amides is 1. The highest BCUT2D eigenvalue weighted by Crippen LogP contribution is 2.31. The first-order valence-electron chi connectivity index (χ1n) is 8.51. The number of nitrogens with one attached hydrogen (secondary N) is 1. The minimum Gasteiger partial charge on any atom is -0.493 e. The van der Waals surface area contributed by atoms with Gasteiger partial charge in [0.15, 0.2) is 6.04 Å². The van der Waals surface area contributed by atoms with Crippen LogP contribution in [0.25, 0.3) is 11.1 Å². The van der Waals surface area contributed by atoms with Gasteiger partial charge in [0.05, 0.1) is 18.8 Å². The third kappa shape index (κ3) is 4.83. The fourth-order valence-corrected chi connectivity index (χ4v) is 2.54. The van der Waals surface area contributed by atoms with Crippen molar-refractivity contribution in [2.75, 3.05) is 19.8 Å². The van der Waals surface area contributed by atoms with E-state index in [9.17, 15) is 14.7 Å². The van der Waals surface area contributed by atoms with Crippen molar-refractivity contribution >= 4 is 11.9 Å². The number of aliphatic carboxylic acids is 1. The molecule has 26 heavy (non-hydrogen) atoms. The largest absolute Gasteiger partial charge is 0.493 e. The number of benzene rings is 2. The van der Waals surface area contributed by atoms with E-state index in [2.05, 4.69) is 5.32 Å². The Morgan fingerprint density at radius 3 is 2.38 bits per heavy atom. The maximum absolute atomic E-state index is 12.9. The number of ether oxygens (including phenoxy) is 2.